The highest BCUT2D eigenvalue weighted by molar-refractivity contribution is 5.56. The standard InChI is InChI=1S/C19H21F3N4/c1-2-17-23-8-12-25(17)10-3-11-26-13-9-24-18(26)16-6-4-15(5-7-16)14-19(20,21)22/h4-9,12-13H,2-3,10-11,14H2,1H3. The van der Waals surface area contributed by atoms with Crippen molar-refractivity contribution in [2.45, 2.75) is 45.5 Å². The fourth-order valence-electron chi connectivity index (χ4n) is 3.02. The molecule has 138 valence electrons. The van der Waals surface area contributed by atoms with Gasteiger partial charge in [-0.2, -0.15) is 13.2 Å². The van der Waals surface area contributed by atoms with Gasteiger partial charge in [-0.3, -0.25) is 0 Å². The van der Waals surface area contributed by atoms with Crippen LogP contribution in [0.4, 0.5) is 13.2 Å². The van der Waals surface area contributed by atoms with Crippen LogP contribution in [0, 0.1) is 0 Å². The molecule has 26 heavy (non-hydrogen) atoms. The molecular formula is C19H21F3N4. The topological polar surface area (TPSA) is 35.6 Å². The number of aromatic nitrogens is 4. The van der Waals surface area contributed by atoms with E-state index in [0.29, 0.717) is 0 Å². The second kappa shape index (κ2) is 7.76. The van der Waals surface area contributed by atoms with Crippen molar-refractivity contribution in [1.29, 1.82) is 0 Å². The Balaban J connectivity index is 1.64. The van der Waals surface area contributed by atoms with Gasteiger partial charge in [0.05, 0.1) is 6.42 Å². The summed E-state index contributed by atoms with van der Waals surface area (Å²) in [7, 11) is 0. The first kappa shape index (κ1) is 18.2. The molecule has 2 aromatic heterocycles. The number of halogens is 3. The molecule has 0 radical (unpaired) electrons. The molecule has 3 aromatic rings. The monoisotopic (exact) mass is 362 g/mol. The zero-order valence-electron chi connectivity index (χ0n) is 14.6. The first-order chi connectivity index (χ1) is 12.5. The Morgan fingerprint density at radius 1 is 0.923 bits per heavy atom. The van der Waals surface area contributed by atoms with Crippen molar-refractivity contribution >= 4 is 0 Å². The van der Waals surface area contributed by atoms with Gasteiger partial charge in [0, 0.05) is 49.9 Å². The third-order valence-corrected chi connectivity index (χ3v) is 4.25. The second-order valence-corrected chi connectivity index (χ2v) is 6.18. The van der Waals surface area contributed by atoms with E-state index in [9.17, 15) is 13.2 Å². The SMILES string of the molecule is CCc1nccn1CCCn1ccnc1-c1ccc(CC(F)(F)F)cc1. The molecule has 0 unspecified atom stereocenters. The molecule has 0 saturated heterocycles. The van der Waals surface area contributed by atoms with Gasteiger partial charge in [0.25, 0.3) is 0 Å². The van der Waals surface area contributed by atoms with Crippen LogP contribution in [-0.2, 0) is 25.9 Å². The molecule has 1 aromatic carbocycles. The van der Waals surface area contributed by atoms with E-state index in [2.05, 4.69) is 21.5 Å². The highest BCUT2D eigenvalue weighted by Crippen LogP contribution is 2.24. The summed E-state index contributed by atoms with van der Waals surface area (Å²) in [6, 6.07) is 6.43. The maximum absolute atomic E-state index is 12.5. The number of rotatable bonds is 7. The van der Waals surface area contributed by atoms with Crippen molar-refractivity contribution in [3.05, 3.63) is 60.4 Å². The third kappa shape index (κ3) is 4.53. The van der Waals surface area contributed by atoms with E-state index in [4.69, 9.17) is 0 Å². The average molecular weight is 362 g/mol. The number of benzene rings is 1. The van der Waals surface area contributed by atoms with E-state index in [-0.39, 0.29) is 5.56 Å². The molecule has 0 aliphatic heterocycles. The van der Waals surface area contributed by atoms with Crippen LogP contribution < -0.4 is 0 Å². The third-order valence-electron chi connectivity index (χ3n) is 4.25. The van der Waals surface area contributed by atoms with E-state index in [0.717, 1.165) is 43.1 Å². The normalized spacial score (nSPS) is 11.8. The van der Waals surface area contributed by atoms with Gasteiger partial charge in [0.2, 0.25) is 0 Å². The summed E-state index contributed by atoms with van der Waals surface area (Å²) >= 11 is 0. The molecule has 0 bridgehead atoms. The number of hydrogen-bond acceptors (Lipinski definition) is 2. The van der Waals surface area contributed by atoms with E-state index in [1.54, 1.807) is 18.3 Å². The predicted molar refractivity (Wildman–Crippen MR) is 93.6 cm³/mol. The van der Waals surface area contributed by atoms with Gasteiger partial charge in [-0.05, 0) is 12.0 Å². The van der Waals surface area contributed by atoms with Crippen LogP contribution >= 0.6 is 0 Å². The average Bonchev–Trinajstić information content (AvgIpc) is 3.23. The van der Waals surface area contributed by atoms with E-state index in [1.165, 1.54) is 12.1 Å². The van der Waals surface area contributed by atoms with Crippen LogP contribution in [0.3, 0.4) is 0 Å². The van der Waals surface area contributed by atoms with E-state index in [1.807, 2.05) is 23.2 Å². The van der Waals surface area contributed by atoms with Crippen molar-refractivity contribution in [2.75, 3.05) is 0 Å². The van der Waals surface area contributed by atoms with Crippen molar-refractivity contribution in [1.82, 2.24) is 19.1 Å². The van der Waals surface area contributed by atoms with Crippen LogP contribution in [0.15, 0.2) is 49.1 Å². The van der Waals surface area contributed by atoms with Crippen LogP contribution in [-0.4, -0.2) is 25.3 Å². The van der Waals surface area contributed by atoms with Crippen molar-refractivity contribution in [3.8, 4) is 11.4 Å². The van der Waals surface area contributed by atoms with Gasteiger partial charge in [-0.15, -0.1) is 0 Å². The lowest BCUT2D eigenvalue weighted by atomic mass is 10.1. The number of nitrogens with zero attached hydrogens (tertiary/aromatic N) is 4. The van der Waals surface area contributed by atoms with Gasteiger partial charge in [-0.1, -0.05) is 31.2 Å². The smallest absolute Gasteiger partial charge is 0.335 e. The molecule has 0 aliphatic carbocycles. The Hall–Kier alpha value is -2.57. The van der Waals surface area contributed by atoms with E-state index >= 15 is 0 Å². The maximum atomic E-state index is 12.5. The lowest BCUT2D eigenvalue weighted by Gasteiger charge is -2.11. The van der Waals surface area contributed by atoms with Gasteiger partial charge >= 0.3 is 6.18 Å². The van der Waals surface area contributed by atoms with Crippen LogP contribution in [0.2, 0.25) is 0 Å². The fraction of sp³-hybridized carbons (Fsp3) is 0.368. The zero-order chi connectivity index (χ0) is 18.6. The summed E-state index contributed by atoms with van der Waals surface area (Å²) in [6.07, 6.45) is 4.11. The maximum Gasteiger partial charge on any atom is 0.393 e. The number of imidazole rings is 2. The van der Waals surface area contributed by atoms with Gasteiger partial charge in [0.15, 0.2) is 0 Å². The molecule has 0 amide bonds. The Morgan fingerprint density at radius 3 is 2.27 bits per heavy atom. The minimum absolute atomic E-state index is 0.256. The molecule has 4 nitrogen and oxygen atoms in total. The second-order valence-electron chi connectivity index (χ2n) is 6.18. The number of alkyl halides is 3. The number of aryl methyl sites for hydroxylation is 3. The highest BCUT2D eigenvalue weighted by Gasteiger charge is 2.27. The van der Waals surface area contributed by atoms with Crippen molar-refractivity contribution < 1.29 is 13.2 Å². The Kier molecular flexibility index (Phi) is 5.44. The first-order valence-electron chi connectivity index (χ1n) is 8.63. The summed E-state index contributed by atoms with van der Waals surface area (Å²) in [5, 5.41) is 0. The molecule has 0 saturated carbocycles. The number of hydrogen-bond donors (Lipinski definition) is 0. The highest BCUT2D eigenvalue weighted by atomic mass is 19.4. The summed E-state index contributed by atoms with van der Waals surface area (Å²) in [5.41, 5.74) is 1.07. The molecule has 7 heteroatoms. The summed E-state index contributed by atoms with van der Waals surface area (Å²) in [4.78, 5) is 8.67. The van der Waals surface area contributed by atoms with Crippen molar-refractivity contribution in [3.63, 3.8) is 0 Å². The zero-order valence-corrected chi connectivity index (χ0v) is 14.6. The molecule has 0 aliphatic rings. The minimum atomic E-state index is -4.19. The first-order valence-corrected chi connectivity index (χ1v) is 8.63. The quantitative estimate of drug-likeness (QED) is 0.620. The minimum Gasteiger partial charge on any atom is -0.335 e. The summed E-state index contributed by atoms with van der Waals surface area (Å²) in [6.45, 7) is 3.72. The molecule has 0 spiro atoms. The van der Waals surface area contributed by atoms with Gasteiger partial charge in [0.1, 0.15) is 11.6 Å². The summed E-state index contributed by atoms with van der Waals surface area (Å²) in [5.74, 6) is 1.83. The van der Waals surface area contributed by atoms with Crippen LogP contribution in [0.1, 0.15) is 24.7 Å². The molecule has 2 heterocycles. The Morgan fingerprint density at radius 2 is 1.58 bits per heavy atom. The van der Waals surface area contributed by atoms with Crippen molar-refractivity contribution in [2.24, 2.45) is 0 Å². The lowest BCUT2D eigenvalue weighted by Crippen LogP contribution is -2.11. The largest absolute Gasteiger partial charge is 0.393 e. The molecule has 0 N–H and O–H groups in total. The van der Waals surface area contributed by atoms with Crippen LogP contribution in [0.25, 0.3) is 11.4 Å². The lowest BCUT2D eigenvalue weighted by molar-refractivity contribution is -0.127. The Bertz CT molecular complexity index is 831. The molecule has 3 rings (SSSR count). The van der Waals surface area contributed by atoms with E-state index < -0.39 is 12.6 Å². The summed E-state index contributed by atoms with van der Waals surface area (Å²) < 4.78 is 41.6. The van der Waals surface area contributed by atoms with Gasteiger partial charge < -0.3 is 9.13 Å². The van der Waals surface area contributed by atoms with Crippen LogP contribution in [0.5, 0.6) is 0 Å². The fourth-order valence-corrected chi connectivity index (χ4v) is 3.02. The molecule has 0 fully saturated rings. The molecule has 0 atom stereocenters. The predicted octanol–water partition coefficient (Wildman–Crippen LogP) is 4.50. The Labute approximate surface area is 150 Å². The molecular weight excluding hydrogens is 341 g/mol. The van der Waals surface area contributed by atoms with Gasteiger partial charge in [-0.25, -0.2) is 9.97 Å².